The molecule has 0 aliphatic carbocycles. The molecule has 1 fully saturated rings. The first kappa shape index (κ1) is 14.3. The van der Waals surface area contributed by atoms with E-state index in [-0.39, 0.29) is 6.04 Å². The number of alkyl halides is 3. The van der Waals surface area contributed by atoms with Crippen molar-refractivity contribution in [3.63, 3.8) is 0 Å². The lowest BCUT2D eigenvalue weighted by atomic mass is 10.1. The molecule has 0 bridgehead atoms. The highest BCUT2D eigenvalue weighted by Gasteiger charge is 2.32. The second kappa shape index (κ2) is 5.46. The maximum absolute atomic E-state index is 13.3. The molecule has 2 rings (SSSR count). The van der Waals surface area contributed by atoms with E-state index in [2.05, 4.69) is 0 Å². The van der Waals surface area contributed by atoms with Crippen LogP contribution < -0.4 is 5.73 Å². The van der Waals surface area contributed by atoms with Gasteiger partial charge in [0.1, 0.15) is 5.82 Å². The van der Waals surface area contributed by atoms with E-state index in [1.54, 1.807) is 0 Å². The Bertz CT molecular complexity index is 445. The number of halogens is 4. The molecular formula is C13H16F4N2. The van der Waals surface area contributed by atoms with E-state index in [1.165, 1.54) is 0 Å². The van der Waals surface area contributed by atoms with E-state index < -0.39 is 17.6 Å². The lowest BCUT2D eigenvalue weighted by molar-refractivity contribution is -0.137. The number of nitrogens with two attached hydrogens (primary N) is 1. The van der Waals surface area contributed by atoms with Crippen LogP contribution in [0.4, 0.5) is 17.6 Å². The van der Waals surface area contributed by atoms with Crippen molar-refractivity contribution in [3.8, 4) is 0 Å². The van der Waals surface area contributed by atoms with E-state index in [4.69, 9.17) is 5.73 Å². The first-order chi connectivity index (χ1) is 8.90. The van der Waals surface area contributed by atoms with Gasteiger partial charge in [0, 0.05) is 19.1 Å². The van der Waals surface area contributed by atoms with Crippen molar-refractivity contribution in [1.29, 1.82) is 0 Å². The molecule has 1 aromatic rings. The molecular weight excluding hydrogens is 260 g/mol. The number of rotatable bonds is 3. The first-order valence-electron chi connectivity index (χ1n) is 6.21. The van der Waals surface area contributed by atoms with Gasteiger partial charge in [-0.25, -0.2) is 4.39 Å². The smallest absolute Gasteiger partial charge is 0.329 e. The van der Waals surface area contributed by atoms with Crippen LogP contribution in [0.2, 0.25) is 0 Å². The monoisotopic (exact) mass is 276 g/mol. The lowest BCUT2D eigenvalue weighted by Crippen LogP contribution is -2.34. The zero-order valence-electron chi connectivity index (χ0n) is 10.4. The van der Waals surface area contributed by atoms with Gasteiger partial charge in [-0.1, -0.05) is 0 Å². The largest absolute Gasteiger partial charge is 0.416 e. The maximum atomic E-state index is 13.3. The Morgan fingerprint density at radius 2 is 2.00 bits per heavy atom. The minimum atomic E-state index is -4.52. The summed E-state index contributed by atoms with van der Waals surface area (Å²) in [7, 11) is 0. The molecule has 1 aliphatic rings. The van der Waals surface area contributed by atoms with Crippen LogP contribution in [0, 0.1) is 5.82 Å². The summed E-state index contributed by atoms with van der Waals surface area (Å²) in [5.74, 6) is -0.853. The summed E-state index contributed by atoms with van der Waals surface area (Å²) in [6.07, 6.45) is -2.60. The van der Waals surface area contributed by atoms with Crippen LogP contribution in [0.1, 0.15) is 24.0 Å². The van der Waals surface area contributed by atoms with Crippen molar-refractivity contribution in [1.82, 2.24) is 4.90 Å². The highest BCUT2D eigenvalue weighted by Crippen LogP contribution is 2.31. The SMILES string of the molecule is NCC1CCCN1Cc1cc(F)cc(C(F)(F)F)c1. The fraction of sp³-hybridized carbons (Fsp3) is 0.538. The molecule has 0 spiro atoms. The third-order valence-corrected chi connectivity index (χ3v) is 3.44. The molecule has 106 valence electrons. The minimum absolute atomic E-state index is 0.178. The van der Waals surface area contributed by atoms with E-state index in [0.29, 0.717) is 24.7 Å². The summed E-state index contributed by atoms with van der Waals surface area (Å²) < 4.78 is 51.1. The molecule has 6 heteroatoms. The molecule has 19 heavy (non-hydrogen) atoms. The topological polar surface area (TPSA) is 29.3 Å². The second-order valence-corrected chi connectivity index (χ2v) is 4.85. The summed E-state index contributed by atoms with van der Waals surface area (Å²) in [6, 6.07) is 2.86. The quantitative estimate of drug-likeness (QED) is 0.860. The fourth-order valence-corrected chi connectivity index (χ4v) is 2.51. The van der Waals surface area contributed by atoms with Crippen LogP contribution in [0.15, 0.2) is 18.2 Å². The summed E-state index contributed by atoms with van der Waals surface area (Å²) in [5, 5.41) is 0. The Balaban J connectivity index is 2.18. The van der Waals surface area contributed by atoms with Crippen LogP contribution in [0.3, 0.4) is 0 Å². The standard InChI is InChI=1S/C13H16F4N2/c14-11-5-9(4-10(6-11)13(15,16)17)8-19-3-1-2-12(19)7-18/h4-6,12H,1-3,7-8,18H2. The van der Waals surface area contributed by atoms with E-state index in [0.717, 1.165) is 31.5 Å². The lowest BCUT2D eigenvalue weighted by Gasteiger charge is -2.23. The van der Waals surface area contributed by atoms with Gasteiger partial charge < -0.3 is 5.73 Å². The van der Waals surface area contributed by atoms with Gasteiger partial charge in [-0.15, -0.1) is 0 Å². The Morgan fingerprint density at radius 3 is 2.63 bits per heavy atom. The van der Waals surface area contributed by atoms with Gasteiger partial charge in [0.05, 0.1) is 5.56 Å². The average Bonchev–Trinajstić information content (AvgIpc) is 2.74. The highest BCUT2D eigenvalue weighted by atomic mass is 19.4. The number of benzene rings is 1. The summed E-state index contributed by atoms with van der Waals surface area (Å²) in [6.45, 7) is 1.57. The molecule has 0 saturated carbocycles. The van der Waals surface area contributed by atoms with Crippen LogP contribution >= 0.6 is 0 Å². The molecule has 2 nitrogen and oxygen atoms in total. The van der Waals surface area contributed by atoms with Crippen LogP contribution in [0.5, 0.6) is 0 Å². The molecule has 1 atom stereocenters. The summed E-state index contributed by atoms with van der Waals surface area (Å²) in [4.78, 5) is 2.01. The number of hydrogen-bond donors (Lipinski definition) is 1. The molecule has 0 aromatic heterocycles. The normalized spacial score (nSPS) is 21.0. The summed E-state index contributed by atoms with van der Waals surface area (Å²) in [5.41, 5.74) is 5.01. The number of nitrogens with zero attached hydrogens (tertiary/aromatic N) is 1. The predicted molar refractivity (Wildman–Crippen MR) is 63.9 cm³/mol. The molecule has 1 aromatic carbocycles. The zero-order valence-corrected chi connectivity index (χ0v) is 10.4. The average molecular weight is 276 g/mol. The van der Waals surface area contributed by atoms with Gasteiger partial charge in [0.25, 0.3) is 0 Å². The Kier molecular flexibility index (Phi) is 4.10. The molecule has 1 heterocycles. The third kappa shape index (κ3) is 3.45. The molecule has 1 aliphatic heterocycles. The van der Waals surface area contributed by atoms with Gasteiger partial charge in [0.2, 0.25) is 0 Å². The third-order valence-electron chi connectivity index (χ3n) is 3.44. The van der Waals surface area contributed by atoms with E-state index in [1.807, 2.05) is 4.90 Å². The summed E-state index contributed by atoms with van der Waals surface area (Å²) >= 11 is 0. The molecule has 1 unspecified atom stereocenters. The molecule has 0 radical (unpaired) electrons. The Hall–Kier alpha value is -1.14. The van der Waals surface area contributed by atoms with Crippen molar-refractivity contribution in [2.45, 2.75) is 31.6 Å². The van der Waals surface area contributed by atoms with Gasteiger partial charge in [-0.2, -0.15) is 13.2 Å². The van der Waals surface area contributed by atoms with E-state index >= 15 is 0 Å². The second-order valence-electron chi connectivity index (χ2n) is 4.85. The van der Waals surface area contributed by atoms with Crippen molar-refractivity contribution in [3.05, 3.63) is 35.1 Å². The first-order valence-corrected chi connectivity index (χ1v) is 6.21. The van der Waals surface area contributed by atoms with Crippen LogP contribution in [0.25, 0.3) is 0 Å². The van der Waals surface area contributed by atoms with Gasteiger partial charge in [-0.3, -0.25) is 4.90 Å². The molecule has 0 amide bonds. The minimum Gasteiger partial charge on any atom is -0.329 e. The van der Waals surface area contributed by atoms with Gasteiger partial charge in [-0.05, 0) is 43.1 Å². The fourth-order valence-electron chi connectivity index (χ4n) is 2.51. The zero-order chi connectivity index (χ0) is 14.0. The Morgan fingerprint density at radius 1 is 1.26 bits per heavy atom. The predicted octanol–water partition coefficient (Wildman–Crippen LogP) is 2.77. The van der Waals surface area contributed by atoms with Gasteiger partial charge >= 0.3 is 6.18 Å². The van der Waals surface area contributed by atoms with Crippen LogP contribution in [-0.4, -0.2) is 24.0 Å². The van der Waals surface area contributed by atoms with Crippen molar-refractivity contribution < 1.29 is 17.6 Å². The number of hydrogen-bond acceptors (Lipinski definition) is 2. The molecule has 2 N–H and O–H groups in total. The molecule has 1 saturated heterocycles. The van der Waals surface area contributed by atoms with Crippen molar-refractivity contribution >= 4 is 0 Å². The van der Waals surface area contributed by atoms with Crippen molar-refractivity contribution in [2.24, 2.45) is 5.73 Å². The van der Waals surface area contributed by atoms with E-state index in [9.17, 15) is 17.6 Å². The maximum Gasteiger partial charge on any atom is 0.416 e. The van der Waals surface area contributed by atoms with Crippen molar-refractivity contribution in [2.75, 3.05) is 13.1 Å². The highest BCUT2D eigenvalue weighted by molar-refractivity contribution is 5.27. The van der Waals surface area contributed by atoms with Crippen LogP contribution in [-0.2, 0) is 12.7 Å². The van der Waals surface area contributed by atoms with Gasteiger partial charge in [0.15, 0.2) is 0 Å². The number of likely N-dealkylation sites (tertiary alicyclic amines) is 1. The Labute approximate surface area is 109 Å².